The average Bonchev–Trinajstić information content (AvgIpc) is 2.53. The molecule has 3 aromatic rings. The van der Waals surface area contributed by atoms with Crippen LogP contribution in [0.15, 0.2) is 48.5 Å². The van der Waals surface area contributed by atoms with Crippen LogP contribution in [0.4, 0.5) is 13.2 Å². The number of carboxylic acid groups (broad SMARTS) is 1. The number of benzene rings is 2. The zero-order valence-electron chi connectivity index (χ0n) is 11.9. The molecule has 122 valence electrons. The van der Waals surface area contributed by atoms with Crippen molar-refractivity contribution in [2.45, 2.75) is 6.18 Å². The van der Waals surface area contributed by atoms with Crippen molar-refractivity contribution in [1.29, 1.82) is 0 Å². The van der Waals surface area contributed by atoms with Gasteiger partial charge in [-0.05, 0) is 18.2 Å². The highest BCUT2D eigenvalue weighted by molar-refractivity contribution is 6.35. The van der Waals surface area contributed by atoms with Crippen molar-refractivity contribution in [2.75, 3.05) is 0 Å². The lowest BCUT2D eigenvalue weighted by atomic mass is 10.00. The molecule has 1 N–H and O–H groups in total. The summed E-state index contributed by atoms with van der Waals surface area (Å²) in [5.74, 6) is -1.27. The Morgan fingerprint density at radius 1 is 1.08 bits per heavy atom. The van der Waals surface area contributed by atoms with Crippen molar-refractivity contribution in [3.63, 3.8) is 0 Å². The first-order valence-electron chi connectivity index (χ1n) is 6.78. The van der Waals surface area contributed by atoms with Gasteiger partial charge in [0.1, 0.15) is 0 Å². The van der Waals surface area contributed by atoms with E-state index in [0.717, 1.165) is 12.1 Å². The number of carbonyl (C=O) groups is 1. The molecule has 7 heteroatoms. The predicted octanol–water partition coefficient (Wildman–Crippen LogP) is 5.27. The van der Waals surface area contributed by atoms with Crippen molar-refractivity contribution in [1.82, 2.24) is 4.98 Å². The van der Waals surface area contributed by atoms with E-state index in [1.54, 1.807) is 6.07 Å². The lowest BCUT2D eigenvalue weighted by Gasteiger charge is -2.14. The molecule has 0 aliphatic carbocycles. The summed E-state index contributed by atoms with van der Waals surface area (Å²) in [6.07, 6.45) is -4.59. The Morgan fingerprint density at radius 2 is 1.79 bits per heavy atom. The summed E-state index contributed by atoms with van der Waals surface area (Å²) in [6, 6.07) is 10.6. The number of nitrogens with zero attached hydrogens (tertiary/aromatic N) is 1. The number of carboxylic acids is 1. The Labute approximate surface area is 139 Å². The number of aromatic nitrogens is 1. The molecule has 24 heavy (non-hydrogen) atoms. The Hall–Kier alpha value is -2.60. The minimum Gasteiger partial charge on any atom is -0.478 e. The van der Waals surface area contributed by atoms with E-state index in [-0.39, 0.29) is 32.7 Å². The number of para-hydroxylation sites is 1. The molecule has 0 saturated heterocycles. The summed E-state index contributed by atoms with van der Waals surface area (Å²) in [6.45, 7) is 0. The van der Waals surface area contributed by atoms with Gasteiger partial charge in [-0.25, -0.2) is 9.78 Å². The van der Waals surface area contributed by atoms with Crippen LogP contribution in [-0.2, 0) is 6.18 Å². The minimum absolute atomic E-state index is 0.0964. The van der Waals surface area contributed by atoms with Crippen molar-refractivity contribution in [2.24, 2.45) is 0 Å². The third kappa shape index (κ3) is 2.80. The number of pyridine rings is 1. The van der Waals surface area contributed by atoms with Crippen molar-refractivity contribution >= 4 is 28.5 Å². The first-order chi connectivity index (χ1) is 11.3. The molecule has 0 radical (unpaired) electrons. The van der Waals surface area contributed by atoms with Gasteiger partial charge in [0.15, 0.2) is 0 Å². The normalized spacial score (nSPS) is 11.7. The standard InChI is InChI=1S/C17H9ClF3NO2/c18-13-7-3-5-9-11(16(23)24)8-14(22-15(9)13)10-4-1-2-6-12(10)17(19,20)21/h1-8H,(H,23,24). The summed E-state index contributed by atoms with van der Waals surface area (Å²) in [5, 5.41) is 9.82. The van der Waals surface area contributed by atoms with Crippen LogP contribution in [-0.4, -0.2) is 16.1 Å². The van der Waals surface area contributed by atoms with Crippen LogP contribution >= 0.6 is 11.6 Å². The van der Waals surface area contributed by atoms with Crippen LogP contribution < -0.4 is 0 Å². The molecule has 0 fully saturated rings. The molecule has 0 bridgehead atoms. The van der Waals surface area contributed by atoms with Gasteiger partial charge in [0.2, 0.25) is 0 Å². The van der Waals surface area contributed by atoms with E-state index in [4.69, 9.17) is 11.6 Å². The van der Waals surface area contributed by atoms with Crippen molar-refractivity contribution in [3.8, 4) is 11.3 Å². The Kier molecular flexibility index (Phi) is 3.93. The minimum atomic E-state index is -4.59. The maximum atomic E-state index is 13.2. The fourth-order valence-corrected chi connectivity index (χ4v) is 2.70. The first kappa shape index (κ1) is 16.3. The molecule has 0 unspecified atom stereocenters. The van der Waals surface area contributed by atoms with E-state index in [1.165, 1.54) is 30.3 Å². The Morgan fingerprint density at radius 3 is 2.46 bits per heavy atom. The Balaban J connectivity index is 2.37. The van der Waals surface area contributed by atoms with Crippen LogP contribution in [0, 0.1) is 0 Å². The smallest absolute Gasteiger partial charge is 0.417 e. The molecule has 3 nitrogen and oxygen atoms in total. The lowest BCUT2D eigenvalue weighted by molar-refractivity contribution is -0.137. The van der Waals surface area contributed by atoms with E-state index < -0.39 is 17.7 Å². The zero-order chi connectivity index (χ0) is 17.5. The van der Waals surface area contributed by atoms with Gasteiger partial charge in [-0.15, -0.1) is 0 Å². The summed E-state index contributed by atoms with van der Waals surface area (Å²) in [4.78, 5) is 15.7. The molecule has 2 aromatic carbocycles. The van der Waals surface area contributed by atoms with Gasteiger partial charge in [-0.2, -0.15) is 13.2 Å². The van der Waals surface area contributed by atoms with Gasteiger partial charge in [-0.1, -0.05) is 41.9 Å². The first-order valence-corrected chi connectivity index (χ1v) is 7.16. The van der Waals surface area contributed by atoms with Gasteiger partial charge in [0.05, 0.1) is 27.4 Å². The maximum Gasteiger partial charge on any atom is 0.417 e. The molecule has 0 saturated carbocycles. The second kappa shape index (κ2) is 5.79. The number of aromatic carboxylic acids is 1. The average molecular weight is 352 g/mol. The second-order valence-electron chi connectivity index (χ2n) is 5.04. The molecule has 0 amide bonds. The molecule has 0 aliphatic rings. The molecular formula is C17H9ClF3NO2. The van der Waals surface area contributed by atoms with Crippen LogP contribution in [0.1, 0.15) is 15.9 Å². The van der Waals surface area contributed by atoms with E-state index >= 15 is 0 Å². The van der Waals surface area contributed by atoms with Gasteiger partial charge < -0.3 is 5.11 Å². The highest BCUT2D eigenvalue weighted by Crippen LogP contribution is 2.38. The Bertz CT molecular complexity index is 954. The largest absolute Gasteiger partial charge is 0.478 e. The van der Waals surface area contributed by atoms with Crippen molar-refractivity contribution < 1.29 is 23.1 Å². The number of halogens is 4. The van der Waals surface area contributed by atoms with E-state index in [9.17, 15) is 23.1 Å². The van der Waals surface area contributed by atoms with Gasteiger partial charge in [-0.3, -0.25) is 0 Å². The fraction of sp³-hybridized carbons (Fsp3) is 0.0588. The number of alkyl halides is 3. The summed E-state index contributed by atoms with van der Waals surface area (Å²) < 4.78 is 39.6. The monoisotopic (exact) mass is 351 g/mol. The third-order valence-corrected chi connectivity index (χ3v) is 3.83. The highest BCUT2D eigenvalue weighted by atomic mass is 35.5. The maximum absolute atomic E-state index is 13.2. The molecule has 3 rings (SSSR count). The molecular weight excluding hydrogens is 343 g/mol. The van der Waals surface area contributed by atoms with Crippen LogP contribution in [0.2, 0.25) is 5.02 Å². The molecule has 0 spiro atoms. The second-order valence-corrected chi connectivity index (χ2v) is 5.45. The molecule has 0 aliphatic heterocycles. The third-order valence-electron chi connectivity index (χ3n) is 3.53. The molecule has 1 aromatic heterocycles. The summed E-state index contributed by atoms with van der Waals surface area (Å²) >= 11 is 6.05. The topological polar surface area (TPSA) is 50.2 Å². The summed E-state index contributed by atoms with van der Waals surface area (Å²) in [7, 11) is 0. The van der Waals surface area contributed by atoms with E-state index in [2.05, 4.69) is 4.98 Å². The highest BCUT2D eigenvalue weighted by Gasteiger charge is 2.34. The van der Waals surface area contributed by atoms with Crippen molar-refractivity contribution in [3.05, 3.63) is 64.7 Å². The number of hydrogen-bond acceptors (Lipinski definition) is 2. The van der Waals surface area contributed by atoms with E-state index in [1.807, 2.05) is 0 Å². The van der Waals surface area contributed by atoms with Gasteiger partial charge in [0.25, 0.3) is 0 Å². The van der Waals surface area contributed by atoms with E-state index in [0.29, 0.717) is 0 Å². The molecule has 0 atom stereocenters. The van der Waals surface area contributed by atoms with Crippen LogP contribution in [0.25, 0.3) is 22.2 Å². The lowest BCUT2D eigenvalue weighted by Crippen LogP contribution is -2.08. The SMILES string of the molecule is O=C(O)c1cc(-c2ccccc2C(F)(F)F)nc2c(Cl)cccc12. The quantitative estimate of drug-likeness (QED) is 0.684. The zero-order valence-corrected chi connectivity index (χ0v) is 12.7. The summed E-state index contributed by atoms with van der Waals surface area (Å²) in [5.41, 5.74) is -1.20. The number of rotatable bonds is 2. The van der Waals surface area contributed by atoms with Gasteiger partial charge in [0, 0.05) is 10.9 Å². The van der Waals surface area contributed by atoms with Crippen LogP contribution in [0.3, 0.4) is 0 Å². The number of hydrogen-bond donors (Lipinski definition) is 1. The molecule has 1 heterocycles. The number of fused-ring (bicyclic) bond motifs is 1. The predicted molar refractivity (Wildman–Crippen MR) is 84.2 cm³/mol. The fourth-order valence-electron chi connectivity index (χ4n) is 2.48. The van der Waals surface area contributed by atoms with Gasteiger partial charge >= 0.3 is 12.1 Å². The van der Waals surface area contributed by atoms with Crippen LogP contribution in [0.5, 0.6) is 0 Å².